The molecule has 2 aliphatic rings. The number of halogens is 1. The number of carbonyl (C=O) groups is 1. The van der Waals surface area contributed by atoms with Crippen molar-refractivity contribution in [2.45, 2.75) is 17.9 Å². The molecule has 0 saturated carbocycles. The average Bonchev–Trinajstić information content (AvgIpc) is 2.83. The van der Waals surface area contributed by atoms with Gasteiger partial charge in [-0.2, -0.15) is 4.31 Å². The molecule has 0 unspecified atom stereocenters. The van der Waals surface area contributed by atoms with Crippen molar-refractivity contribution in [2.24, 2.45) is 0 Å². The summed E-state index contributed by atoms with van der Waals surface area (Å²) in [5.74, 6) is -0.142. The Morgan fingerprint density at radius 3 is 2.45 bits per heavy atom. The van der Waals surface area contributed by atoms with Crippen LogP contribution < -0.4 is 0 Å². The number of aromatic nitrogens is 1. The molecule has 1 fully saturated rings. The van der Waals surface area contributed by atoms with Crippen LogP contribution in [0.15, 0.2) is 53.4 Å². The van der Waals surface area contributed by atoms with Crippen LogP contribution in [0.2, 0.25) is 5.02 Å². The molecule has 172 valence electrons. The predicted molar refractivity (Wildman–Crippen MR) is 128 cm³/mol. The number of fused-ring (bicyclic) bond motifs is 2. The van der Waals surface area contributed by atoms with Crippen LogP contribution >= 0.6 is 11.6 Å². The van der Waals surface area contributed by atoms with Crippen LogP contribution in [0.4, 0.5) is 0 Å². The first kappa shape index (κ1) is 22.3. The normalized spacial score (nSPS) is 17.8. The highest BCUT2D eigenvalue weighted by Gasteiger charge is 2.31. The van der Waals surface area contributed by atoms with Crippen LogP contribution in [-0.4, -0.2) is 73.2 Å². The molecule has 1 saturated heterocycles. The summed E-state index contributed by atoms with van der Waals surface area (Å²) in [6.07, 6.45) is 0.830. The van der Waals surface area contributed by atoms with E-state index in [0.717, 1.165) is 41.5 Å². The minimum Gasteiger partial charge on any atom is -0.335 e. The Balaban J connectivity index is 1.28. The van der Waals surface area contributed by atoms with Crippen molar-refractivity contribution in [3.63, 3.8) is 0 Å². The molecule has 0 aliphatic carbocycles. The lowest BCUT2D eigenvalue weighted by molar-refractivity contribution is 0.0691. The van der Waals surface area contributed by atoms with Crippen molar-refractivity contribution in [1.82, 2.24) is 19.1 Å². The highest BCUT2D eigenvalue weighted by molar-refractivity contribution is 7.89. The van der Waals surface area contributed by atoms with Crippen LogP contribution in [0.5, 0.6) is 0 Å². The summed E-state index contributed by atoms with van der Waals surface area (Å²) in [6.45, 7) is 2.95. The Morgan fingerprint density at radius 1 is 0.939 bits per heavy atom. The first-order chi connectivity index (χ1) is 15.8. The number of piperazine rings is 1. The van der Waals surface area contributed by atoms with Gasteiger partial charge in [-0.1, -0.05) is 29.8 Å². The molecule has 9 heteroatoms. The smallest absolute Gasteiger partial charge is 0.272 e. The number of amides is 1. The van der Waals surface area contributed by atoms with E-state index in [1.54, 1.807) is 35.2 Å². The number of benzene rings is 2. The fourth-order valence-electron chi connectivity index (χ4n) is 4.47. The van der Waals surface area contributed by atoms with Gasteiger partial charge in [0.05, 0.1) is 4.90 Å². The molecule has 2 aliphatic heterocycles. The Hall–Kier alpha value is -2.52. The van der Waals surface area contributed by atoms with Crippen LogP contribution in [0, 0.1) is 0 Å². The number of rotatable bonds is 3. The van der Waals surface area contributed by atoms with Gasteiger partial charge in [0.25, 0.3) is 5.91 Å². The number of hydrogen-bond donors (Lipinski definition) is 0. The molecule has 0 spiro atoms. The van der Waals surface area contributed by atoms with E-state index in [2.05, 4.69) is 16.9 Å². The molecule has 0 atom stereocenters. The molecular formula is C24H25ClN4O3S. The third kappa shape index (κ3) is 4.36. The number of likely N-dealkylation sites (N-methyl/N-ethyl adjacent to an activating group) is 1. The van der Waals surface area contributed by atoms with Crippen molar-refractivity contribution in [3.8, 4) is 0 Å². The van der Waals surface area contributed by atoms with Gasteiger partial charge < -0.3 is 9.80 Å². The van der Waals surface area contributed by atoms with E-state index in [4.69, 9.17) is 11.6 Å². The second-order valence-electron chi connectivity index (χ2n) is 8.64. The Morgan fingerprint density at radius 2 is 1.67 bits per heavy atom. The molecule has 2 aromatic carbocycles. The van der Waals surface area contributed by atoms with Crippen LogP contribution in [-0.2, 0) is 23.0 Å². The van der Waals surface area contributed by atoms with E-state index in [0.29, 0.717) is 23.8 Å². The number of hydrogen-bond acceptors (Lipinski definition) is 5. The standard InChI is InChI=1S/C24H25ClN4O3S/c1-27-9-8-22-19(16-27)4-7-23(26-22)24(30)28-10-12-29(13-11-28)33(31,32)21-6-3-17-14-20(25)5-2-18(17)15-21/h2-7,14-15H,8-13,16H2,1H3. The molecule has 3 heterocycles. The monoisotopic (exact) mass is 484 g/mol. The van der Waals surface area contributed by atoms with Crippen molar-refractivity contribution >= 4 is 38.3 Å². The predicted octanol–water partition coefficient (Wildman–Crippen LogP) is 3.02. The second-order valence-corrected chi connectivity index (χ2v) is 11.0. The van der Waals surface area contributed by atoms with E-state index < -0.39 is 10.0 Å². The fraction of sp³-hybridized carbons (Fsp3) is 0.333. The maximum absolute atomic E-state index is 13.2. The van der Waals surface area contributed by atoms with Gasteiger partial charge in [-0.15, -0.1) is 0 Å². The quantitative estimate of drug-likeness (QED) is 0.571. The van der Waals surface area contributed by atoms with E-state index in [1.165, 1.54) is 4.31 Å². The largest absolute Gasteiger partial charge is 0.335 e. The van der Waals surface area contributed by atoms with Gasteiger partial charge in [0.15, 0.2) is 0 Å². The van der Waals surface area contributed by atoms with Crippen molar-refractivity contribution in [3.05, 3.63) is 70.5 Å². The number of carbonyl (C=O) groups excluding carboxylic acids is 1. The molecule has 1 aromatic heterocycles. The van der Waals surface area contributed by atoms with Crippen molar-refractivity contribution < 1.29 is 13.2 Å². The molecule has 1 amide bonds. The summed E-state index contributed by atoms with van der Waals surface area (Å²) in [5, 5.41) is 2.32. The minimum atomic E-state index is -3.65. The Bertz CT molecular complexity index is 1340. The molecule has 7 nitrogen and oxygen atoms in total. The number of nitrogens with zero attached hydrogens (tertiary/aromatic N) is 4. The van der Waals surface area contributed by atoms with E-state index >= 15 is 0 Å². The lowest BCUT2D eigenvalue weighted by Gasteiger charge is -2.34. The number of pyridine rings is 1. The van der Waals surface area contributed by atoms with Gasteiger partial charge in [-0.3, -0.25) is 4.79 Å². The zero-order valence-electron chi connectivity index (χ0n) is 18.4. The fourth-order valence-corrected chi connectivity index (χ4v) is 6.11. The third-order valence-electron chi connectivity index (χ3n) is 6.40. The summed E-state index contributed by atoms with van der Waals surface area (Å²) in [5.41, 5.74) is 2.58. The van der Waals surface area contributed by atoms with Gasteiger partial charge >= 0.3 is 0 Å². The van der Waals surface area contributed by atoms with Gasteiger partial charge in [0.1, 0.15) is 5.69 Å². The summed E-state index contributed by atoms with van der Waals surface area (Å²) in [6, 6.07) is 14.2. The SMILES string of the molecule is CN1CCc2nc(C(=O)N3CCN(S(=O)(=O)c4ccc5cc(Cl)ccc5c4)CC3)ccc2C1. The van der Waals surface area contributed by atoms with Crippen LogP contribution in [0.1, 0.15) is 21.7 Å². The van der Waals surface area contributed by atoms with Crippen LogP contribution in [0.25, 0.3) is 10.8 Å². The first-order valence-corrected chi connectivity index (χ1v) is 12.8. The van der Waals surface area contributed by atoms with Crippen molar-refractivity contribution in [1.29, 1.82) is 0 Å². The van der Waals surface area contributed by atoms with E-state index in [-0.39, 0.29) is 23.9 Å². The maximum Gasteiger partial charge on any atom is 0.272 e. The van der Waals surface area contributed by atoms with E-state index in [9.17, 15) is 13.2 Å². The third-order valence-corrected chi connectivity index (χ3v) is 8.53. The molecule has 3 aromatic rings. The summed E-state index contributed by atoms with van der Waals surface area (Å²) in [7, 11) is -1.58. The van der Waals surface area contributed by atoms with E-state index in [1.807, 2.05) is 18.2 Å². The molecule has 33 heavy (non-hydrogen) atoms. The van der Waals surface area contributed by atoms with Gasteiger partial charge in [0, 0.05) is 56.4 Å². The lowest BCUT2D eigenvalue weighted by Crippen LogP contribution is -2.50. The first-order valence-electron chi connectivity index (χ1n) is 11.0. The molecule has 0 bridgehead atoms. The second kappa shape index (κ2) is 8.68. The topological polar surface area (TPSA) is 73.8 Å². The van der Waals surface area contributed by atoms with Gasteiger partial charge in [0.2, 0.25) is 10.0 Å². The van der Waals surface area contributed by atoms with Crippen molar-refractivity contribution in [2.75, 3.05) is 39.8 Å². The Labute approximate surface area is 198 Å². The van der Waals surface area contributed by atoms with Gasteiger partial charge in [-0.25, -0.2) is 13.4 Å². The molecule has 0 N–H and O–H groups in total. The minimum absolute atomic E-state index is 0.142. The maximum atomic E-state index is 13.2. The summed E-state index contributed by atoms with van der Waals surface area (Å²) >= 11 is 6.03. The highest BCUT2D eigenvalue weighted by Crippen LogP contribution is 2.25. The zero-order chi connectivity index (χ0) is 23.2. The zero-order valence-corrected chi connectivity index (χ0v) is 19.9. The molecule has 0 radical (unpaired) electrons. The highest BCUT2D eigenvalue weighted by atomic mass is 35.5. The Kier molecular flexibility index (Phi) is 5.86. The number of sulfonamides is 1. The van der Waals surface area contributed by atoms with Gasteiger partial charge in [-0.05, 0) is 53.7 Å². The summed E-state index contributed by atoms with van der Waals surface area (Å²) < 4.78 is 27.9. The molecule has 5 rings (SSSR count). The summed E-state index contributed by atoms with van der Waals surface area (Å²) in [4.78, 5) is 21.8. The average molecular weight is 485 g/mol. The molecular weight excluding hydrogens is 460 g/mol. The lowest BCUT2D eigenvalue weighted by atomic mass is 10.1. The van der Waals surface area contributed by atoms with Crippen LogP contribution in [0.3, 0.4) is 0 Å².